The van der Waals surface area contributed by atoms with Crippen LogP contribution in [0.3, 0.4) is 0 Å². The minimum Gasteiger partial charge on any atom is -0.462 e. The predicted octanol–water partition coefficient (Wildman–Crippen LogP) is 19.2. The molecule has 0 aromatic heterocycles. The Hall–Kier alpha value is -4.71. The molecule has 71 heavy (non-hydrogen) atoms. The van der Waals surface area contributed by atoms with Crippen molar-refractivity contribution >= 4 is 17.9 Å². The molecule has 0 radical (unpaired) electrons. The average Bonchev–Trinajstić information content (AvgIpc) is 3.37. The van der Waals surface area contributed by atoms with E-state index in [1.165, 1.54) is 38.5 Å². The number of esters is 3. The average molecular weight is 980 g/mol. The van der Waals surface area contributed by atoms with Gasteiger partial charge in [0.25, 0.3) is 0 Å². The Balaban J connectivity index is 4.55. The van der Waals surface area contributed by atoms with E-state index in [0.29, 0.717) is 12.8 Å². The number of carbonyl (C=O) groups is 3. The first-order valence-electron chi connectivity index (χ1n) is 28.3. The second kappa shape index (κ2) is 57.9. The molecule has 0 heterocycles. The molecule has 0 amide bonds. The minimum atomic E-state index is -0.824. The van der Waals surface area contributed by atoms with Gasteiger partial charge in [0.2, 0.25) is 0 Å². The lowest BCUT2D eigenvalue weighted by molar-refractivity contribution is -0.167. The van der Waals surface area contributed by atoms with Crippen LogP contribution in [0, 0.1) is 0 Å². The van der Waals surface area contributed by atoms with Gasteiger partial charge in [-0.3, -0.25) is 14.4 Å². The molecule has 0 spiro atoms. The van der Waals surface area contributed by atoms with E-state index in [4.69, 9.17) is 14.2 Å². The molecule has 0 bridgehead atoms. The second-order valence-corrected chi connectivity index (χ2v) is 18.1. The van der Waals surface area contributed by atoms with Gasteiger partial charge in [-0.1, -0.05) is 218 Å². The fourth-order valence-corrected chi connectivity index (χ4v) is 7.12. The number of ether oxygens (including phenoxy) is 3. The quantitative estimate of drug-likeness (QED) is 0.0262. The highest BCUT2D eigenvalue weighted by Gasteiger charge is 2.19. The van der Waals surface area contributed by atoms with Crippen molar-refractivity contribution in [1.29, 1.82) is 0 Å². The van der Waals surface area contributed by atoms with Gasteiger partial charge in [0.1, 0.15) is 13.2 Å². The Morgan fingerprint density at radius 1 is 0.296 bits per heavy atom. The van der Waals surface area contributed by atoms with E-state index in [0.717, 1.165) is 141 Å². The summed E-state index contributed by atoms with van der Waals surface area (Å²) in [5, 5.41) is 0. The molecule has 0 N–H and O–H groups in total. The molecular weight excluding hydrogens is 877 g/mol. The highest BCUT2D eigenvalue weighted by atomic mass is 16.6. The van der Waals surface area contributed by atoms with Crippen LogP contribution in [0.4, 0.5) is 0 Å². The smallest absolute Gasteiger partial charge is 0.306 e. The van der Waals surface area contributed by atoms with Gasteiger partial charge < -0.3 is 14.2 Å². The van der Waals surface area contributed by atoms with Crippen molar-refractivity contribution in [1.82, 2.24) is 0 Å². The summed E-state index contributed by atoms with van der Waals surface area (Å²) in [6.45, 7) is 6.30. The Morgan fingerprint density at radius 3 is 0.930 bits per heavy atom. The summed E-state index contributed by atoms with van der Waals surface area (Å²) in [4.78, 5) is 38.1. The van der Waals surface area contributed by atoms with Crippen LogP contribution in [0.5, 0.6) is 0 Å². The van der Waals surface area contributed by atoms with Gasteiger partial charge in [0.15, 0.2) is 6.10 Å². The predicted molar refractivity (Wildman–Crippen MR) is 306 cm³/mol. The van der Waals surface area contributed by atoms with E-state index in [1.54, 1.807) is 0 Å². The zero-order valence-electron chi connectivity index (χ0n) is 45.4. The largest absolute Gasteiger partial charge is 0.462 e. The number of carbonyl (C=O) groups excluding carboxylic acids is 3. The number of allylic oxidation sites excluding steroid dienone is 24. The molecule has 0 aromatic rings. The van der Waals surface area contributed by atoms with Gasteiger partial charge in [0.05, 0.1) is 0 Å². The molecule has 6 heteroatoms. The van der Waals surface area contributed by atoms with E-state index in [-0.39, 0.29) is 44.0 Å². The third-order valence-electron chi connectivity index (χ3n) is 11.3. The lowest BCUT2D eigenvalue weighted by Gasteiger charge is -2.18. The van der Waals surface area contributed by atoms with Crippen LogP contribution in [0.1, 0.15) is 226 Å². The van der Waals surface area contributed by atoms with Gasteiger partial charge >= 0.3 is 17.9 Å². The van der Waals surface area contributed by atoms with Crippen molar-refractivity contribution in [3.63, 3.8) is 0 Å². The van der Waals surface area contributed by atoms with Crippen molar-refractivity contribution in [3.05, 3.63) is 146 Å². The summed E-state index contributed by atoms with van der Waals surface area (Å²) in [5.41, 5.74) is 0. The Labute approximate surface area is 436 Å². The molecule has 0 saturated heterocycles. The minimum absolute atomic E-state index is 0.116. The van der Waals surface area contributed by atoms with Crippen LogP contribution >= 0.6 is 0 Å². The van der Waals surface area contributed by atoms with Crippen LogP contribution in [0.15, 0.2) is 146 Å². The van der Waals surface area contributed by atoms with Gasteiger partial charge in [-0.25, -0.2) is 0 Å². The molecule has 398 valence electrons. The normalized spacial score (nSPS) is 13.2. The van der Waals surface area contributed by atoms with Crippen LogP contribution in [0.2, 0.25) is 0 Å². The molecule has 0 aliphatic rings. The molecular formula is C65H102O6. The standard InChI is InChI=1S/C65H102O6/c1-4-7-10-13-16-19-22-25-27-29-30-31-32-33-34-36-37-40-43-46-49-52-55-58-64(67)70-61-62(60-69-63(66)57-54-51-48-45-42-39-24-21-18-15-12-9-6-3)71-65(68)59-56-53-50-47-44-41-38-35-28-26-23-20-17-14-11-8-5-2/h7-8,10-11,16-17,19-21,24-28,30-31,33-34,37-38,40-41,46,49,62H,4-6,9,12-15,18,22-23,29,32,35-36,39,42-45,47-48,50-61H2,1-3H3/b10-7-,11-8-,19-16-,20-17-,24-21-,27-25-,28-26-,31-30-,34-33-,40-37-,41-38-,49-46-. The lowest BCUT2D eigenvalue weighted by Crippen LogP contribution is -2.30. The molecule has 0 fully saturated rings. The summed E-state index contributed by atoms with van der Waals surface area (Å²) in [6.07, 6.45) is 82.7. The summed E-state index contributed by atoms with van der Waals surface area (Å²) >= 11 is 0. The van der Waals surface area contributed by atoms with Crippen LogP contribution in [-0.2, 0) is 28.6 Å². The van der Waals surface area contributed by atoms with Crippen molar-refractivity contribution in [3.8, 4) is 0 Å². The van der Waals surface area contributed by atoms with E-state index in [1.807, 2.05) is 0 Å². The summed E-state index contributed by atoms with van der Waals surface area (Å²) < 4.78 is 16.8. The maximum absolute atomic E-state index is 12.8. The van der Waals surface area contributed by atoms with E-state index >= 15 is 0 Å². The first-order chi connectivity index (χ1) is 35.0. The maximum Gasteiger partial charge on any atom is 0.306 e. The topological polar surface area (TPSA) is 78.9 Å². The lowest BCUT2D eigenvalue weighted by atomic mass is 10.1. The third kappa shape index (κ3) is 56.1. The number of hydrogen-bond acceptors (Lipinski definition) is 6. The number of rotatable bonds is 49. The summed E-state index contributed by atoms with van der Waals surface area (Å²) in [5.74, 6) is -1.02. The van der Waals surface area contributed by atoms with Crippen LogP contribution in [0.25, 0.3) is 0 Å². The van der Waals surface area contributed by atoms with Gasteiger partial charge in [-0.2, -0.15) is 0 Å². The number of unbranched alkanes of at least 4 members (excludes halogenated alkanes) is 14. The first kappa shape index (κ1) is 66.3. The van der Waals surface area contributed by atoms with Gasteiger partial charge in [0, 0.05) is 19.3 Å². The fourth-order valence-electron chi connectivity index (χ4n) is 7.12. The third-order valence-corrected chi connectivity index (χ3v) is 11.3. The molecule has 0 aliphatic heterocycles. The number of hydrogen-bond donors (Lipinski definition) is 0. The van der Waals surface area contributed by atoms with Crippen molar-refractivity contribution < 1.29 is 28.6 Å². The monoisotopic (exact) mass is 979 g/mol. The highest BCUT2D eigenvalue weighted by Crippen LogP contribution is 2.12. The van der Waals surface area contributed by atoms with Crippen molar-refractivity contribution in [2.24, 2.45) is 0 Å². The molecule has 1 unspecified atom stereocenters. The highest BCUT2D eigenvalue weighted by molar-refractivity contribution is 5.71. The second-order valence-electron chi connectivity index (χ2n) is 18.1. The summed E-state index contributed by atoms with van der Waals surface area (Å²) in [6, 6.07) is 0. The molecule has 1 atom stereocenters. The molecule has 0 rings (SSSR count). The zero-order valence-corrected chi connectivity index (χ0v) is 45.4. The molecule has 0 aliphatic carbocycles. The van der Waals surface area contributed by atoms with Crippen LogP contribution in [-0.4, -0.2) is 37.2 Å². The maximum atomic E-state index is 12.8. The van der Waals surface area contributed by atoms with E-state index in [9.17, 15) is 14.4 Å². The Bertz CT molecular complexity index is 1590. The van der Waals surface area contributed by atoms with Gasteiger partial charge in [-0.05, 0) is 135 Å². The summed E-state index contributed by atoms with van der Waals surface area (Å²) in [7, 11) is 0. The zero-order chi connectivity index (χ0) is 51.4. The molecule has 0 saturated carbocycles. The van der Waals surface area contributed by atoms with Crippen molar-refractivity contribution in [2.75, 3.05) is 13.2 Å². The molecule has 0 aromatic carbocycles. The molecule has 6 nitrogen and oxygen atoms in total. The van der Waals surface area contributed by atoms with Crippen molar-refractivity contribution in [2.45, 2.75) is 232 Å². The SMILES string of the molecule is CC/C=C\C/C=C\C/C=C\C/C=C\C/C=C\C/C=C\C/C=C\CCCC(=O)OCC(COC(=O)CCCCCCC/C=C\CCCCCC)OC(=O)CCCCCC/C=C\C/C=C\C/C=C\C/C=C\CC. The Kier molecular flexibility index (Phi) is 54.0. The van der Waals surface area contributed by atoms with Crippen LogP contribution < -0.4 is 0 Å². The first-order valence-corrected chi connectivity index (χ1v) is 28.3. The Morgan fingerprint density at radius 2 is 0.563 bits per heavy atom. The van der Waals surface area contributed by atoms with E-state index < -0.39 is 6.10 Å². The van der Waals surface area contributed by atoms with E-state index in [2.05, 4.69) is 167 Å². The fraction of sp³-hybridized carbons (Fsp3) is 0.585. The van der Waals surface area contributed by atoms with Gasteiger partial charge in [-0.15, -0.1) is 0 Å².